The lowest BCUT2D eigenvalue weighted by Crippen LogP contribution is -2.48. The van der Waals surface area contributed by atoms with Gasteiger partial charge in [-0.2, -0.15) is 0 Å². The zero-order valence-electron chi connectivity index (χ0n) is 15.3. The molecule has 6 atom stereocenters. The van der Waals surface area contributed by atoms with Gasteiger partial charge in [-0.3, -0.25) is 4.79 Å². The smallest absolute Gasteiger partial charge is 0.253 e. The highest BCUT2D eigenvalue weighted by Crippen LogP contribution is 2.29. The molecule has 2 aromatic rings. The molecule has 0 spiro atoms. The Balaban J connectivity index is 1.63. The van der Waals surface area contributed by atoms with Crippen LogP contribution in [-0.2, 0) is 16.1 Å². The van der Waals surface area contributed by atoms with Crippen LogP contribution in [0.15, 0.2) is 60.7 Å². The summed E-state index contributed by atoms with van der Waals surface area (Å²) in [6, 6.07) is 16.9. The van der Waals surface area contributed by atoms with Crippen LogP contribution in [0.1, 0.15) is 17.2 Å². The molecule has 1 saturated carbocycles. The molecule has 7 nitrogen and oxygen atoms in total. The predicted molar refractivity (Wildman–Crippen MR) is 101 cm³/mol. The zero-order chi connectivity index (χ0) is 20.1. The number of carbonyl (C=O) groups is 1. The third kappa shape index (κ3) is 4.57. The van der Waals surface area contributed by atoms with Crippen molar-refractivity contribution >= 4 is 5.91 Å². The standard InChI is InChI=1S/C21H25NO6/c23-17(14-9-5-2-6-10-14)21(27)22-16-15(18(24)20(26)19(16)25)12-28-11-13-7-3-1-4-8-13/h1-10,15-20,23-26H,11-12H2,(H,22,27)/t15-,16-,17-,18+,19-,20-/m0/s1. The van der Waals surface area contributed by atoms with E-state index >= 15 is 0 Å². The minimum Gasteiger partial charge on any atom is -0.390 e. The zero-order valence-corrected chi connectivity index (χ0v) is 15.3. The average molecular weight is 387 g/mol. The molecule has 3 rings (SSSR count). The van der Waals surface area contributed by atoms with Crippen molar-refractivity contribution in [3.8, 4) is 0 Å². The molecule has 0 aliphatic heterocycles. The van der Waals surface area contributed by atoms with Gasteiger partial charge in [-0.1, -0.05) is 60.7 Å². The number of carbonyl (C=O) groups excluding carboxylic acids is 1. The average Bonchev–Trinajstić information content (AvgIpc) is 2.93. The molecule has 1 aliphatic rings. The fourth-order valence-corrected chi connectivity index (χ4v) is 3.45. The number of benzene rings is 2. The van der Waals surface area contributed by atoms with Crippen LogP contribution in [0.5, 0.6) is 0 Å². The summed E-state index contributed by atoms with van der Waals surface area (Å²) >= 11 is 0. The van der Waals surface area contributed by atoms with Crippen LogP contribution in [0.2, 0.25) is 0 Å². The second kappa shape index (κ2) is 9.27. The number of hydrogen-bond acceptors (Lipinski definition) is 6. The first kappa shape index (κ1) is 20.4. The minimum atomic E-state index is -1.42. The first-order chi connectivity index (χ1) is 13.5. The van der Waals surface area contributed by atoms with E-state index in [4.69, 9.17) is 4.74 Å². The second-order valence-corrected chi connectivity index (χ2v) is 6.98. The lowest BCUT2D eigenvalue weighted by atomic mass is 10.0. The van der Waals surface area contributed by atoms with Crippen LogP contribution in [-0.4, -0.2) is 57.3 Å². The van der Waals surface area contributed by atoms with E-state index in [1.807, 2.05) is 30.3 Å². The van der Waals surface area contributed by atoms with E-state index in [-0.39, 0.29) is 6.61 Å². The van der Waals surface area contributed by atoms with Gasteiger partial charge in [0, 0.05) is 5.92 Å². The Kier molecular flexibility index (Phi) is 6.77. The molecule has 150 valence electrons. The van der Waals surface area contributed by atoms with E-state index in [9.17, 15) is 25.2 Å². The summed E-state index contributed by atoms with van der Waals surface area (Å²) in [6.07, 6.45) is -5.46. The number of rotatable bonds is 7. The van der Waals surface area contributed by atoms with Gasteiger partial charge in [0.2, 0.25) is 0 Å². The molecule has 0 saturated heterocycles. The number of aliphatic hydroxyl groups excluding tert-OH is 4. The van der Waals surface area contributed by atoms with Crippen molar-refractivity contribution in [2.45, 2.75) is 37.1 Å². The molecule has 2 aromatic carbocycles. The van der Waals surface area contributed by atoms with E-state index in [1.54, 1.807) is 30.3 Å². The van der Waals surface area contributed by atoms with E-state index in [0.29, 0.717) is 12.2 Å². The van der Waals surface area contributed by atoms with Gasteiger partial charge in [0.1, 0.15) is 12.2 Å². The molecule has 28 heavy (non-hydrogen) atoms. The van der Waals surface area contributed by atoms with Gasteiger partial charge in [0.25, 0.3) is 5.91 Å². The summed E-state index contributed by atoms with van der Waals surface area (Å²) < 4.78 is 5.63. The number of ether oxygens (including phenoxy) is 1. The van der Waals surface area contributed by atoms with E-state index in [2.05, 4.69) is 5.32 Å². The predicted octanol–water partition coefficient (Wildman–Crippen LogP) is 0.134. The molecule has 1 amide bonds. The summed E-state index contributed by atoms with van der Waals surface area (Å²) in [7, 11) is 0. The summed E-state index contributed by atoms with van der Waals surface area (Å²) in [4.78, 5) is 12.4. The Morgan fingerprint density at radius 2 is 1.54 bits per heavy atom. The fraction of sp³-hybridized carbons (Fsp3) is 0.381. The van der Waals surface area contributed by atoms with Crippen molar-refractivity contribution in [3.05, 3.63) is 71.8 Å². The maximum Gasteiger partial charge on any atom is 0.253 e. The Morgan fingerprint density at radius 3 is 2.18 bits per heavy atom. The Labute approximate surface area is 163 Å². The van der Waals surface area contributed by atoms with Crippen molar-refractivity contribution in [2.75, 3.05) is 6.61 Å². The van der Waals surface area contributed by atoms with Gasteiger partial charge in [0.15, 0.2) is 6.10 Å². The van der Waals surface area contributed by atoms with Crippen LogP contribution in [0.3, 0.4) is 0 Å². The van der Waals surface area contributed by atoms with Gasteiger partial charge < -0.3 is 30.5 Å². The molecule has 0 heterocycles. The molecule has 1 fully saturated rings. The highest BCUT2D eigenvalue weighted by Gasteiger charge is 2.49. The maximum atomic E-state index is 12.4. The van der Waals surface area contributed by atoms with Crippen LogP contribution in [0.4, 0.5) is 0 Å². The quantitative estimate of drug-likeness (QED) is 0.461. The Bertz CT molecular complexity index is 756. The molecular formula is C21H25NO6. The summed E-state index contributed by atoms with van der Waals surface area (Å²) in [6.45, 7) is 0.320. The topological polar surface area (TPSA) is 119 Å². The van der Waals surface area contributed by atoms with Crippen molar-refractivity contribution in [2.24, 2.45) is 5.92 Å². The van der Waals surface area contributed by atoms with Gasteiger partial charge >= 0.3 is 0 Å². The van der Waals surface area contributed by atoms with Gasteiger partial charge in [-0.25, -0.2) is 0 Å². The highest BCUT2D eigenvalue weighted by molar-refractivity contribution is 5.82. The van der Waals surface area contributed by atoms with E-state index in [1.165, 1.54) is 0 Å². The summed E-state index contributed by atoms with van der Waals surface area (Å²) in [5, 5.41) is 43.3. The van der Waals surface area contributed by atoms with Gasteiger partial charge in [0.05, 0.1) is 25.4 Å². The second-order valence-electron chi connectivity index (χ2n) is 6.98. The Hall–Kier alpha value is -2.29. The van der Waals surface area contributed by atoms with Crippen molar-refractivity contribution in [1.29, 1.82) is 0 Å². The fourth-order valence-electron chi connectivity index (χ4n) is 3.45. The highest BCUT2D eigenvalue weighted by atomic mass is 16.5. The number of hydrogen-bond donors (Lipinski definition) is 5. The van der Waals surface area contributed by atoms with E-state index < -0.39 is 42.3 Å². The van der Waals surface area contributed by atoms with Crippen LogP contribution in [0.25, 0.3) is 0 Å². The molecule has 0 radical (unpaired) electrons. The largest absolute Gasteiger partial charge is 0.390 e. The number of amides is 1. The van der Waals surface area contributed by atoms with Crippen LogP contribution >= 0.6 is 0 Å². The van der Waals surface area contributed by atoms with Crippen molar-refractivity contribution in [3.63, 3.8) is 0 Å². The number of nitrogens with one attached hydrogen (secondary N) is 1. The SMILES string of the molecule is O=C(N[C@@H]1[C@H](O)[C@@H](O)[C@H](O)[C@H]1COCc1ccccc1)[C@@H](O)c1ccccc1. The number of aliphatic hydroxyl groups is 4. The molecule has 7 heteroatoms. The van der Waals surface area contributed by atoms with Crippen LogP contribution in [0, 0.1) is 5.92 Å². The molecule has 0 bridgehead atoms. The molecule has 0 aromatic heterocycles. The molecule has 1 aliphatic carbocycles. The lowest BCUT2D eigenvalue weighted by Gasteiger charge is -2.25. The molecular weight excluding hydrogens is 362 g/mol. The third-order valence-corrected chi connectivity index (χ3v) is 5.06. The van der Waals surface area contributed by atoms with Crippen molar-refractivity contribution < 1.29 is 30.0 Å². The summed E-state index contributed by atoms with van der Waals surface area (Å²) in [5.41, 5.74) is 1.35. The van der Waals surface area contributed by atoms with Gasteiger partial charge in [-0.15, -0.1) is 0 Å². The summed E-state index contributed by atoms with van der Waals surface area (Å²) in [5.74, 6) is -1.44. The minimum absolute atomic E-state index is 0.0244. The van der Waals surface area contributed by atoms with Crippen molar-refractivity contribution in [1.82, 2.24) is 5.32 Å². The first-order valence-electron chi connectivity index (χ1n) is 9.18. The van der Waals surface area contributed by atoms with E-state index in [0.717, 1.165) is 5.56 Å². The maximum absolute atomic E-state index is 12.4. The van der Waals surface area contributed by atoms with Crippen LogP contribution < -0.4 is 5.32 Å². The normalized spacial score (nSPS) is 28.1. The Morgan fingerprint density at radius 1 is 0.929 bits per heavy atom. The van der Waals surface area contributed by atoms with Gasteiger partial charge in [-0.05, 0) is 11.1 Å². The first-order valence-corrected chi connectivity index (χ1v) is 9.18. The lowest BCUT2D eigenvalue weighted by molar-refractivity contribution is -0.131. The third-order valence-electron chi connectivity index (χ3n) is 5.06. The monoisotopic (exact) mass is 387 g/mol. The molecule has 5 N–H and O–H groups in total. The molecule has 0 unspecified atom stereocenters.